The third-order valence-corrected chi connectivity index (χ3v) is 3.59. The van der Waals surface area contributed by atoms with Crippen molar-refractivity contribution in [3.05, 3.63) is 33.8 Å². The molecule has 0 N–H and O–H groups in total. The fourth-order valence-electron chi connectivity index (χ4n) is 1.96. The Balaban J connectivity index is 2.40. The molecule has 0 nitrogen and oxygen atoms in total. The molecule has 13 heavy (non-hydrogen) atoms. The van der Waals surface area contributed by atoms with E-state index in [1.807, 2.05) is 12.1 Å². The molecule has 2 heteroatoms. The Morgan fingerprint density at radius 1 is 1.23 bits per heavy atom. The molecule has 1 aromatic rings. The van der Waals surface area contributed by atoms with Crippen LogP contribution in [0.4, 0.5) is 0 Å². The van der Waals surface area contributed by atoms with E-state index in [1.54, 1.807) is 0 Å². The molecule has 0 radical (unpaired) electrons. The van der Waals surface area contributed by atoms with Gasteiger partial charge in [0, 0.05) is 10.0 Å². The topological polar surface area (TPSA) is 0 Å². The average molecular weight is 215 g/mol. The molecule has 1 saturated carbocycles. The Bertz CT molecular complexity index is 327. The molecule has 1 aromatic carbocycles. The molecule has 0 spiro atoms. The molecule has 0 amide bonds. The van der Waals surface area contributed by atoms with Crippen LogP contribution in [0.25, 0.3) is 0 Å². The summed E-state index contributed by atoms with van der Waals surface area (Å²) in [4.78, 5) is 0. The van der Waals surface area contributed by atoms with E-state index in [4.69, 9.17) is 23.2 Å². The first-order valence-electron chi connectivity index (χ1n) is 4.57. The first-order valence-corrected chi connectivity index (χ1v) is 5.33. The van der Waals surface area contributed by atoms with E-state index in [2.05, 4.69) is 13.0 Å². The molecular weight excluding hydrogens is 203 g/mol. The molecule has 0 unspecified atom stereocenters. The minimum Gasteiger partial charge on any atom is -0.0843 e. The highest BCUT2D eigenvalue weighted by Gasteiger charge is 2.34. The monoisotopic (exact) mass is 214 g/mol. The lowest BCUT2D eigenvalue weighted by Gasteiger charge is -2.39. The summed E-state index contributed by atoms with van der Waals surface area (Å²) < 4.78 is 0. The summed E-state index contributed by atoms with van der Waals surface area (Å²) in [6.07, 6.45) is 3.80. The maximum Gasteiger partial charge on any atom is 0.0458 e. The van der Waals surface area contributed by atoms with E-state index in [0.29, 0.717) is 5.41 Å². The van der Waals surface area contributed by atoms with E-state index in [1.165, 1.54) is 24.8 Å². The molecular formula is C11H12Cl2. The van der Waals surface area contributed by atoms with Gasteiger partial charge in [-0.15, -0.1) is 0 Å². The highest BCUT2D eigenvalue weighted by Crippen LogP contribution is 2.46. The van der Waals surface area contributed by atoms with E-state index in [-0.39, 0.29) is 0 Å². The van der Waals surface area contributed by atoms with Crippen molar-refractivity contribution in [2.24, 2.45) is 0 Å². The van der Waals surface area contributed by atoms with Gasteiger partial charge in [-0.3, -0.25) is 0 Å². The normalized spacial score (nSPS) is 19.6. The zero-order chi connectivity index (χ0) is 9.47. The van der Waals surface area contributed by atoms with Crippen LogP contribution in [0.5, 0.6) is 0 Å². The second kappa shape index (κ2) is 3.18. The summed E-state index contributed by atoms with van der Waals surface area (Å²) in [6.45, 7) is 2.27. The van der Waals surface area contributed by atoms with Crippen molar-refractivity contribution in [3.63, 3.8) is 0 Å². The summed E-state index contributed by atoms with van der Waals surface area (Å²) in [5.41, 5.74) is 1.56. The Hall–Kier alpha value is -0.200. The molecule has 1 aliphatic carbocycles. The first kappa shape index (κ1) is 9.36. The molecule has 0 saturated heterocycles. The van der Waals surface area contributed by atoms with Crippen molar-refractivity contribution in [2.45, 2.75) is 31.6 Å². The van der Waals surface area contributed by atoms with Crippen LogP contribution in [0.3, 0.4) is 0 Å². The van der Waals surface area contributed by atoms with Crippen LogP contribution in [-0.2, 0) is 5.41 Å². The van der Waals surface area contributed by atoms with Crippen molar-refractivity contribution in [3.8, 4) is 0 Å². The van der Waals surface area contributed by atoms with Gasteiger partial charge in [-0.1, -0.05) is 42.6 Å². The SMILES string of the molecule is CC1(c2ccc(Cl)cc2Cl)CCC1. The van der Waals surface area contributed by atoms with Crippen LogP contribution < -0.4 is 0 Å². The quantitative estimate of drug-likeness (QED) is 0.649. The van der Waals surface area contributed by atoms with Gasteiger partial charge in [-0.2, -0.15) is 0 Å². The third-order valence-electron chi connectivity index (χ3n) is 3.04. The summed E-state index contributed by atoms with van der Waals surface area (Å²) in [7, 11) is 0. The van der Waals surface area contributed by atoms with Gasteiger partial charge in [0.05, 0.1) is 0 Å². The lowest BCUT2D eigenvalue weighted by Crippen LogP contribution is -2.30. The molecule has 0 aliphatic heterocycles. The van der Waals surface area contributed by atoms with Crippen molar-refractivity contribution in [1.29, 1.82) is 0 Å². The standard InChI is InChI=1S/C11H12Cl2/c1-11(5-2-6-11)9-4-3-8(12)7-10(9)13/h3-4,7H,2,5-6H2,1H3. The molecule has 0 atom stereocenters. The number of hydrogen-bond acceptors (Lipinski definition) is 0. The van der Waals surface area contributed by atoms with Gasteiger partial charge in [0.15, 0.2) is 0 Å². The fourth-order valence-corrected chi connectivity index (χ4v) is 2.59. The zero-order valence-corrected chi connectivity index (χ0v) is 9.12. The predicted molar refractivity (Wildman–Crippen MR) is 57.7 cm³/mol. The first-order chi connectivity index (χ1) is 6.12. The summed E-state index contributed by atoms with van der Waals surface area (Å²) in [5, 5.41) is 1.53. The number of rotatable bonds is 1. The van der Waals surface area contributed by atoms with Crippen LogP contribution in [0.15, 0.2) is 18.2 Å². The van der Waals surface area contributed by atoms with Gasteiger partial charge in [0.25, 0.3) is 0 Å². The second-order valence-electron chi connectivity index (χ2n) is 4.04. The predicted octanol–water partition coefficient (Wildman–Crippen LogP) is 4.44. The summed E-state index contributed by atoms with van der Waals surface area (Å²) in [5.74, 6) is 0. The van der Waals surface area contributed by atoms with Crippen molar-refractivity contribution in [1.82, 2.24) is 0 Å². The number of hydrogen-bond donors (Lipinski definition) is 0. The van der Waals surface area contributed by atoms with Crippen LogP contribution in [0.2, 0.25) is 10.0 Å². The average Bonchev–Trinajstić information content (AvgIpc) is 2.00. The number of halogens is 2. The zero-order valence-electron chi connectivity index (χ0n) is 7.61. The molecule has 2 rings (SSSR count). The third kappa shape index (κ3) is 1.58. The van der Waals surface area contributed by atoms with E-state index in [0.717, 1.165) is 10.0 Å². The van der Waals surface area contributed by atoms with Crippen molar-refractivity contribution in [2.75, 3.05) is 0 Å². The summed E-state index contributed by atoms with van der Waals surface area (Å²) >= 11 is 12.0. The molecule has 1 fully saturated rings. The van der Waals surface area contributed by atoms with Crippen molar-refractivity contribution >= 4 is 23.2 Å². The fraction of sp³-hybridized carbons (Fsp3) is 0.455. The van der Waals surface area contributed by atoms with Crippen molar-refractivity contribution < 1.29 is 0 Å². The van der Waals surface area contributed by atoms with E-state index < -0.39 is 0 Å². The molecule has 0 bridgehead atoms. The largest absolute Gasteiger partial charge is 0.0843 e. The van der Waals surface area contributed by atoms with Gasteiger partial charge in [0.1, 0.15) is 0 Å². The van der Waals surface area contributed by atoms with Crippen LogP contribution in [-0.4, -0.2) is 0 Å². The maximum atomic E-state index is 6.14. The smallest absolute Gasteiger partial charge is 0.0458 e. The summed E-state index contributed by atoms with van der Waals surface area (Å²) in [6, 6.07) is 5.82. The van der Waals surface area contributed by atoms with Gasteiger partial charge >= 0.3 is 0 Å². The lowest BCUT2D eigenvalue weighted by atomic mass is 9.66. The molecule has 0 heterocycles. The molecule has 1 aliphatic rings. The van der Waals surface area contributed by atoms with Gasteiger partial charge < -0.3 is 0 Å². The Morgan fingerprint density at radius 3 is 2.38 bits per heavy atom. The Kier molecular flexibility index (Phi) is 2.29. The molecule has 0 aromatic heterocycles. The lowest BCUT2D eigenvalue weighted by molar-refractivity contribution is 0.272. The highest BCUT2D eigenvalue weighted by atomic mass is 35.5. The second-order valence-corrected chi connectivity index (χ2v) is 4.88. The van der Waals surface area contributed by atoms with Crippen LogP contribution in [0, 0.1) is 0 Å². The van der Waals surface area contributed by atoms with E-state index >= 15 is 0 Å². The Morgan fingerprint density at radius 2 is 1.92 bits per heavy atom. The Labute approximate surface area is 88.9 Å². The molecule has 70 valence electrons. The van der Waals surface area contributed by atoms with Gasteiger partial charge in [-0.05, 0) is 36.0 Å². The van der Waals surface area contributed by atoms with Gasteiger partial charge in [0.2, 0.25) is 0 Å². The van der Waals surface area contributed by atoms with Crippen LogP contribution in [0.1, 0.15) is 31.7 Å². The minimum absolute atomic E-state index is 0.307. The van der Waals surface area contributed by atoms with E-state index in [9.17, 15) is 0 Å². The number of benzene rings is 1. The van der Waals surface area contributed by atoms with Gasteiger partial charge in [-0.25, -0.2) is 0 Å². The maximum absolute atomic E-state index is 6.14. The van der Waals surface area contributed by atoms with Crippen LogP contribution >= 0.6 is 23.2 Å². The highest BCUT2D eigenvalue weighted by molar-refractivity contribution is 6.35. The minimum atomic E-state index is 0.307.